The zero-order valence-corrected chi connectivity index (χ0v) is 11.8. The van der Waals surface area contributed by atoms with Crippen LogP contribution >= 0.6 is 0 Å². The molecule has 0 aromatic carbocycles. The number of nitrogens with two attached hydrogens (primary N) is 1. The highest BCUT2D eigenvalue weighted by molar-refractivity contribution is 5.82. The molecule has 5 heteroatoms. The van der Waals surface area contributed by atoms with Gasteiger partial charge < -0.3 is 15.5 Å². The average Bonchev–Trinajstić information content (AvgIpc) is 2.36. The van der Waals surface area contributed by atoms with Crippen LogP contribution in [0.15, 0.2) is 0 Å². The third-order valence-corrected chi connectivity index (χ3v) is 3.40. The van der Waals surface area contributed by atoms with Crippen LogP contribution in [-0.4, -0.2) is 53.8 Å². The second-order valence-corrected chi connectivity index (χ2v) is 5.58. The Balaban J connectivity index is 2.49. The number of carbonyl (C=O) groups excluding carboxylic acids is 2. The Kier molecular flexibility index (Phi) is 5.14. The van der Waals surface area contributed by atoms with Gasteiger partial charge in [0.2, 0.25) is 11.8 Å². The summed E-state index contributed by atoms with van der Waals surface area (Å²) < 4.78 is 0. The minimum Gasteiger partial charge on any atom is -0.339 e. The average molecular weight is 255 g/mol. The van der Waals surface area contributed by atoms with Gasteiger partial charge in [-0.3, -0.25) is 9.59 Å². The third-order valence-electron chi connectivity index (χ3n) is 3.40. The van der Waals surface area contributed by atoms with Gasteiger partial charge in [-0.05, 0) is 5.92 Å². The minimum atomic E-state index is -0.433. The first-order chi connectivity index (χ1) is 8.34. The molecule has 0 aromatic heterocycles. The minimum absolute atomic E-state index is 0.00152. The van der Waals surface area contributed by atoms with Crippen molar-refractivity contribution in [3.8, 4) is 0 Å². The molecule has 2 N–H and O–H groups in total. The molecule has 0 bridgehead atoms. The summed E-state index contributed by atoms with van der Waals surface area (Å²) in [5.74, 6) is 0.329. The number of amides is 2. The van der Waals surface area contributed by atoms with Gasteiger partial charge in [0.15, 0.2) is 0 Å². The molecule has 2 amide bonds. The fourth-order valence-electron chi connectivity index (χ4n) is 2.01. The molecule has 0 radical (unpaired) electrons. The Labute approximate surface area is 109 Å². The lowest BCUT2D eigenvalue weighted by molar-refractivity contribution is -0.142. The van der Waals surface area contributed by atoms with E-state index in [1.54, 1.807) is 4.90 Å². The Hall–Kier alpha value is -1.10. The first-order valence-corrected chi connectivity index (χ1v) is 6.67. The van der Waals surface area contributed by atoms with Gasteiger partial charge in [0.05, 0.1) is 6.04 Å². The van der Waals surface area contributed by atoms with E-state index in [1.807, 2.05) is 32.6 Å². The zero-order valence-electron chi connectivity index (χ0n) is 11.8. The van der Waals surface area contributed by atoms with E-state index < -0.39 is 6.04 Å². The summed E-state index contributed by atoms with van der Waals surface area (Å²) >= 11 is 0. The highest BCUT2D eigenvalue weighted by Crippen LogP contribution is 2.10. The van der Waals surface area contributed by atoms with Crippen molar-refractivity contribution >= 4 is 11.8 Å². The van der Waals surface area contributed by atoms with E-state index >= 15 is 0 Å². The number of carbonyl (C=O) groups is 2. The normalized spacial score (nSPS) is 18.4. The van der Waals surface area contributed by atoms with Crippen molar-refractivity contribution in [1.82, 2.24) is 9.80 Å². The standard InChI is InChI=1S/C13H25N3O2/c1-9(2)11(14)13(18)16-7-5-15(6-8-16)12(17)10(3)4/h9-11H,5-8,14H2,1-4H3/t11-/m0/s1. The van der Waals surface area contributed by atoms with Crippen LogP contribution in [0.1, 0.15) is 27.7 Å². The lowest BCUT2D eigenvalue weighted by atomic mass is 10.0. The molecule has 1 aliphatic heterocycles. The van der Waals surface area contributed by atoms with Crippen LogP contribution in [0.4, 0.5) is 0 Å². The molecule has 0 aliphatic carbocycles. The van der Waals surface area contributed by atoms with Crippen molar-refractivity contribution in [2.75, 3.05) is 26.2 Å². The molecule has 1 saturated heterocycles. The summed E-state index contributed by atoms with van der Waals surface area (Å²) in [4.78, 5) is 27.5. The van der Waals surface area contributed by atoms with E-state index in [-0.39, 0.29) is 23.7 Å². The van der Waals surface area contributed by atoms with Gasteiger partial charge in [0.25, 0.3) is 0 Å². The van der Waals surface area contributed by atoms with E-state index in [0.717, 1.165) is 0 Å². The van der Waals surface area contributed by atoms with Crippen LogP contribution in [0, 0.1) is 11.8 Å². The number of piperazine rings is 1. The summed E-state index contributed by atoms with van der Waals surface area (Å²) in [5, 5.41) is 0. The maximum Gasteiger partial charge on any atom is 0.239 e. The monoisotopic (exact) mass is 255 g/mol. The van der Waals surface area contributed by atoms with E-state index in [1.165, 1.54) is 0 Å². The van der Waals surface area contributed by atoms with Gasteiger partial charge in [-0.1, -0.05) is 27.7 Å². The van der Waals surface area contributed by atoms with Crippen LogP contribution in [0.5, 0.6) is 0 Å². The highest BCUT2D eigenvalue weighted by Gasteiger charge is 2.28. The van der Waals surface area contributed by atoms with E-state index in [4.69, 9.17) is 5.73 Å². The van der Waals surface area contributed by atoms with Gasteiger partial charge >= 0.3 is 0 Å². The molecule has 18 heavy (non-hydrogen) atoms. The number of rotatable bonds is 3. The second kappa shape index (κ2) is 6.18. The van der Waals surface area contributed by atoms with Crippen LogP contribution in [0.3, 0.4) is 0 Å². The molecular weight excluding hydrogens is 230 g/mol. The molecule has 1 heterocycles. The SMILES string of the molecule is CC(C)C(=O)N1CCN(C(=O)[C@@H](N)C(C)C)CC1. The lowest BCUT2D eigenvalue weighted by Crippen LogP contribution is -2.55. The van der Waals surface area contributed by atoms with Crippen LogP contribution in [0.25, 0.3) is 0 Å². The van der Waals surface area contributed by atoms with E-state index in [0.29, 0.717) is 26.2 Å². The summed E-state index contributed by atoms with van der Waals surface area (Å²) in [6, 6.07) is -0.433. The number of hydrogen-bond donors (Lipinski definition) is 1. The topological polar surface area (TPSA) is 66.6 Å². The van der Waals surface area contributed by atoms with Gasteiger partial charge in [0, 0.05) is 32.1 Å². The molecule has 104 valence electrons. The van der Waals surface area contributed by atoms with Crippen molar-refractivity contribution < 1.29 is 9.59 Å². The Bertz CT molecular complexity index is 307. The zero-order chi connectivity index (χ0) is 13.9. The molecule has 0 unspecified atom stereocenters. The van der Waals surface area contributed by atoms with Crippen molar-refractivity contribution in [1.29, 1.82) is 0 Å². The Morgan fingerprint density at radius 2 is 1.28 bits per heavy atom. The molecule has 1 rings (SSSR count). The first kappa shape index (κ1) is 15.0. The summed E-state index contributed by atoms with van der Waals surface area (Å²) in [7, 11) is 0. The van der Waals surface area contributed by atoms with E-state index in [2.05, 4.69) is 0 Å². The fourth-order valence-corrected chi connectivity index (χ4v) is 2.01. The molecule has 0 spiro atoms. The smallest absolute Gasteiger partial charge is 0.239 e. The predicted molar refractivity (Wildman–Crippen MR) is 70.8 cm³/mol. The molecular formula is C13H25N3O2. The summed E-state index contributed by atoms with van der Waals surface area (Å²) in [5.41, 5.74) is 5.86. The predicted octanol–water partition coefficient (Wildman–Crippen LogP) is 0.297. The van der Waals surface area contributed by atoms with Gasteiger partial charge in [-0.25, -0.2) is 0 Å². The lowest BCUT2D eigenvalue weighted by Gasteiger charge is -2.37. The molecule has 1 fully saturated rings. The van der Waals surface area contributed by atoms with E-state index in [9.17, 15) is 9.59 Å². The summed E-state index contributed by atoms with van der Waals surface area (Å²) in [6.07, 6.45) is 0. The summed E-state index contributed by atoms with van der Waals surface area (Å²) in [6.45, 7) is 10.1. The fraction of sp³-hybridized carbons (Fsp3) is 0.846. The van der Waals surface area contributed by atoms with Gasteiger partial charge in [0.1, 0.15) is 0 Å². The van der Waals surface area contributed by atoms with Gasteiger partial charge in [-0.15, -0.1) is 0 Å². The molecule has 0 saturated carbocycles. The Morgan fingerprint density at radius 1 is 0.889 bits per heavy atom. The highest BCUT2D eigenvalue weighted by atomic mass is 16.2. The third kappa shape index (κ3) is 3.45. The molecule has 5 nitrogen and oxygen atoms in total. The number of hydrogen-bond acceptors (Lipinski definition) is 3. The van der Waals surface area contributed by atoms with Crippen molar-refractivity contribution in [2.45, 2.75) is 33.7 Å². The molecule has 0 aromatic rings. The quantitative estimate of drug-likeness (QED) is 0.788. The molecule has 1 aliphatic rings. The van der Waals surface area contributed by atoms with Crippen molar-refractivity contribution in [2.24, 2.45) is 17.6 Å². The maximum atomic E-state index is 12.0. The first-order valence-electron chi connectivity index (χ1n) is 6.67. The molecule has 1 atom stereocenters. The second-order valence-electron chi connectivity index (χ2n) is 5.58. The van der Waals surface area contributed by atoms with Crippen molar-refractivity contribution in [3.05, 3.63) is 0 Å². The largest absolute Gasteiger partial charge is 0.339 e. The Morgan fingerprint density at radius 3 is 1.61 bits per heavy atom. The number of nitrogens with zero attached hydrogens (tertiary/aromatic N) is 2. The van der Waals surface area contributed by atoms with Crippen molar-refractivity contribution in [3.63, 3.8) is 0 Å². The maximum absolute atomic E-state index is 12.0. The van der Waals surface area contributed by atoms with Gasteiger partial charge in [-0.2, -0.15) is 0 Å². The van der Waals surface area contributed by atoms with Crippen LogP contribution < -0.4 is 5.73 Å². The van der Waals surface area contributed by atoms with Crippen LogP contribution in [-0.2, 0) is 9.59 Å². The van der Waals surface area contributed by atoms with Crippen LogP contribution in [0.2, 0.25) is 0 Å².